The predicted molar refractivity (Wildman–Crippen MR) is 91.6 cm³/mol. The van der Waals surface area contributed by atoms with Gasteiger partial charge in [-0.05, 0) is 55.1 Å². The molecule has 6 heteroatoms. The smallest absolute Gasteiger partial charge is 0.257 e. The Hall–Kier alpha value is -1.27. The van der Waals surface area contributed by atoms with Gasteiger partial charge >= 0.3 is 0 Å². The third-order valence-electron chi connectivity index (χ3n) is 3.97. The number of nitrogens with zero attached hydrogens (tertiary/aromatic N) is 1. The standard InChI is InChI=1S/C16H20N2O2S2/c1-11-14(15(18-20-11)13-5-3-8-22-13)16(19)17-10-12-4-2-7-21-9-6-12/h3,5,8,12H,2,4,6-7,9-10H2,1H3,(H,17,19). The van der Waals surface area contributed by atoms with Gasteiger partial charge in [0, 0.05) is 6.54 Å². The van der Waals surface area contributed by atoms with E-state index in [0.29, 0.717) is 22.9 Å². The fraction of sp³-hybridized carbons (Fsp3) is 0.500. The molecule has 1 unspecified atom stereocenters. The van der Waals surface area contributed by atoms with Crippen LogP contribution in [0.15, 0.2) is 22.0 Å². The Balaban J connectivity index is 1.68. The minimum absolute atomic E-state index is 0.0703. The van der Waals surface area contributed by atoms with E-state index in [0.717, 1.165) is 11.4 Å². The van der Waals surface area contributed by atoms with Gasteiger partial charge in [-0.1, -0.05) is 11.2 Å². The van der Waals surface area contributed by atoms with Crippen molar-refractivity contribution < 1.29 is 9.32 Å². The zero-order chi connectivity index (χ0) is 15.4. The number of rotatable bonds is 4. The van der Waals surface area contributed by atoms with Gasteiger partial charge in [0.2, 0.25) is 0 Å². The third-order valence-corrected chi connectivity index (χ3v) is 5.95. The van der Waals surface area contributed by atoms with E-state index in [2.05, 4.69) is 10.5 Å². The maximum absolute atomic E-state index is 12.6. The number of thioether (sulfide) groups is 1. The zero-order valence-electron chi connectivity index (χ0n) is 12.6. The Labute approximate surface area is 138 Å². The molecule has 22 heavy (non-hydrogen) atoms. The molecular formula is C16H20N2O2S2. The molecule has 1 aliphatic heterocycles. The van der Waals surface area contributed by atoms with Crippen LogP contribution in [0.25, 0.3) is 10.6 Å². The second kappa shape index (κ2) is 7.33. The van der Waals surface area contributed by atoms with Crippen LogP contribution < -0.4 is 5.32 Å². The molecule has 1 saturated heterocycles. The van der Waals surface area contributed by atoms with Crippen LogP contribution >= 0.6 is 23.1 Å². The Morgan fingerprint density at radius 1 is 1.45 bits per heavy atom. The Kier molecular flexibility index (Phi) is 5.20. The molecule has 2 aromatic heterocycles. The summed E-state index contributed by atoms with van der Waals surface area (Å²) in [5.74, 6) is 3.55. The lowest BCUT2D eigenvalue weighted by Gasteiger charge is -2.14. The molecule has 1 amide bonds. The van der Waals surface area contributed by atoms with Crippen molar-refractivity contribution in [2.75, 3.05) is 18.1 Å². The van der Waals surface area contributed by atoms with Crippen molar-refractivity contribution in [3.63, 3.8) is 0 Å². The maximum Gasteiger partial charge on any atom is 0.257 e. The van der Waals surface area contributed by atoms with Crippen molar-refractivity contribution in [1.82, 2.24) is 10.5 Å². The lowest BCUT2D eigenvalue weighted by Crippen LogP contribution is -2.30. The van der Waals surface area contributed by atoms with E-state index < -0.39 is 0 Å². The largest absolute Gasteiger partial charge is 0.360 e. The molecule has 0 spiro atoms. The number of hydrogen-bond acceptors (Lipinski definition) is 5. The van der Waals surface area contributed by atoms with Gasteiger partial charge < -0.3 is 9.84 Å². The van der Waals surface area contributed by atoms with Crippen molar-refractivity contribution in [1.29, 1.82) is 0 Å². The second-order valence-electron chi connectivity index (χ2n) is 5.56. The predicted octanol–water partition coefficient (Wildman–Crippen LogP) is 3.97. The van der Waals surface area contributed by atoms with E-state index >= 15 is 0 Å². The molecule has 0 aliphatic carbocycles. The van der Waals surface area contributed by atoms with E-state index in [9.17, 15) is 4.79 Å². The number of carbonyl (C=O) groups excluding carboxylic acids is 1. The number of aryl methyl sites for hydroxylation is 1. The molecule has 3 rings (SSSR count). The zero-order valence-corrected chi connectivity index (χ0v) is 14.3. The quantitative estimate of drug-likeness (QED) is 0.918. The molecule has 1 atom stereocenters. The number of thiophene rings is 1. The fourth-order valence-electron chi connectivity index (χ4n) is 2.72. The van der Waals surface area contributed by atoms with Crippen molar-refractivity contribution in [2.45, 2.75) is 26.2 Å². The Morgan fingerprint density at radius 2 is 2.36 bits per heavy atom. The number of amides is 1. The maximum atomic E-state index is 12.6. The summed E-state index contributed by atoms with van der Waals surface area (Å²) in [6.07, 6.45) is 3.64. The average Bonchev–Trinajstić information content (AvgIpc) is 3.09. The summed E-state index contributed by atoms with van der Waals surface area (Å²) >= 11 is 3.58. The highest BCUT2D eigenvalue weighted by Gasteiger charge is 2.23. The summed E-state index contributed by atoms with van der Waals surface area (Å²) in [6, 6.07) is 3.91. The normalized spacial score (nSPS) is 18.9. The molecule has 1 N–H and O–H groups in total. The molecule has 0 radical (unpaired) electrons. The van der Waals surface area contributed by atoms with Gasteiger partial charge in [0.25, 0.3) is 5.91 Å². The van der Waals surface area contributed by atoms with Crippen LogP contribution in [0.2, 0.25) is 0 Å². The molecule has 118 valence electrons. The lowest BCUT2D eigenvalue weighted by atomic mass is 10.0. The first kappa shape index (κ1) is 15.6. The topological polar surface area (TPSA) is 55.1 Å². The van der Waals surface area contributed by atoms with Gasteiger partial charge in [-0.2, -0.15) is 11.8 Å². The fourth-order valence-corrected chi connectivity index (χ4v) is 4.51. The van der Waals surface area contributed by atoms with Crippen LogP contribution in [-0.2, 0) is 0 Å². The van der Waals surface area contributed by atoms with Crippen LogP contribution in [0.3, 0.4) is 0 Å². The van der Waals surface area contributed by atoms with E-state index in [1.54, 1.807) is 18.3 Å². The van der Waals surface area contributed by atoms with Crippen LogP contribution in [-0.4, -0.2) is 29.1 Å². The first-order chi connectivity index (χ1) is 10.8. The summed E-state index contributed by atoms with van der Waals surface area (Å²) in [7, 11) is 0. The summed E-state index contributed by atoms with van der Waals surface area (Å²) in [6.45, 7) is 2.54. The van der Waals surface area contributed by atoms with Crippen LogP contribution in [0.5, 0.6) is 0 Å². The molecule has 2 aromatic rings. The highest BCUT2D eigenvalue weighted by molar-refractivity contribution is 7.99. The highest BCUT2D eigenvalue weighted by Crippen LogP contribution is 2.29. The van der Waals surface area contributed by atoms with E-state index in [1.807, 2.05) is 29.3 Å². The summed E-state index contributed by atoms with van der Waals surface area (Å²) in [5, 5.41) is 9.12. The van der Waals surface area contributed by atoms with Gasteiger partial charge in [0.05, 0.1) is 4.88 Å². The van der Waals surface area contributed by atoms with Gasteiger partial charge in [-0.25, -0.2) is 0 Å². The van der Waals surface area contributed by atoms with E-state index in [4.69, 9.17) is 4.52 Å². The molecule has 0 saturated carbocycles. The number of hydrogen-bond donors (Lipinski definition) is 1. The van der Waals surface area contributed by atoms with Crippen molar-refractivity contribution in [2.24, 2.45) is 5.92 Å². The van der Waals surface area contributed by atoms with E-state index in [1.165, 1.54) is 30.8 Å². The first-order valence-electron chi connectivity index (χ1n) is 7.62. The SMILES string of the molecule is Cc1onc(-c2cccs2)c1C(=O)NCC1CCCSCC1. The van der Waals surface area contributed by atoms with Gasteiger partial charge in [0.1, 0.15) is 17.0 Å². The number of aromatic nitrogens is 1. The number of nitrogens with one attached hydrogen (secondary N) is 1. The summed E-state index contributed by atoms with van der Waals surface area (Å²) < 4.78 is 5.24. The minimum Gasteiger partial charge on any atom is -0.360 e. The van der Waals surface area contributed by atoms with Crippen LogP contribution in [0.1, 0.15) is 35.4 Å². The first-order valence-corrected chi connectivity index (χ1v) is 9.65. The molecular weight excluding hydrogens is 316 g/mol. The van der Waals surface area contributed by atoms with Gasteiger partial charge in [-0.3, -0.25) is 4.79 Å². The summed E-state index contributed by atoms with van der Waals surface area (Å²) in [4.78, 5) is 13.5. The second-order valence-corrected chi connectivity index (χ2v) is 7.73. The lowest BCUT2D eigenvalue weighted by molar-refractivity contribution is 0.0945. The van der Waals surface area contributed by atoms with E-state index in [-0.39, 0.29) is 5.91 Å². The highest BCUT2D eigenvalue weighted by atomic mass is 32.2. The Bertz CT molecular complexity index is 614. The van der Waals surface area contributed by atoms with Gasteiger partial charge in [-0.15, -0.1) is 11.3 Å². The molecule has 1 aliphatic rings. The number of carbonyl (C=O) groups is 1. The van der Waals surface area contributed by atoms with Gasteiger partial charge in [0.15, 0.2) is 0 Å². The summed E-state index contributed by atoms with van der Waals surface area (Å²) in [5.41, 5.74) is 1.23. The van der Waals surface area contributed by atoms with Crippen molar-refractivity contribution >= 4 is 29.0 Å². The van der Waals surface area contributed by atoms with Crippen LogP contribution in [0.4, 0.5) is 0 Å². The molecule has 1 fully saturated rings. The molecule has 0 aromatic carbocycles. The minimum atomic E-state index is -0.0703. The van der Waals surface area contributed by atoms with Crippen molar-refractivity contribution in [3.8, 4) is 10.6 Å². The monoisotopic (exact) mass is 336 g/mol. The van der Waals surface area contributed by atoms with Crippen LogP contribution in [0, 0.1) is 12.8 Å². The average molecular weight is 336 g/mol. The molecule has 4 nitrogen and oxygen atoms in total. The third kappa shape index (κ3) is 3.55. The molecule has 3 heterocycles. The van der Waals surface area contributed by atoms with Crippen molar-refractivity contribution in [3.05, 3.63) is 28.8 Å². The molecule has 0 bridgehead atoms. The Morgan fingerprint density at radius 3 is 3.18 bits per heavy atom.